The zero-order valence-corrected chi connectivity index (χ0v) is 10.1. The van der Waals surface area contributed by atoms with Crippen LogP contribution in [-0.2, 0) is 0 Å². The number of rotatable bonds is 5. The van der Waals surface area contributed by atoms with Crippen molar-refractivity contribution in [2.45, 2.75) is 13.8 Å². The lowest BCUT2D eigenvalue weighted by Crippen LogP contribution is -2.09. The van der Waals surface area contributed by atoms with E-state index >= 15 is 0 Å². The maximum Gasteiger partial charge on any atom is 0.178 e. The van der Waals surface area contributed by atoms with Crippen LogP contribution in [0, 0.1) is 17.6 Å². The summed E-state index contributed by atoms with van der Waals surface area (Å²) >= 11 is 1.40. The van der Waals surface area contributed by atoms with Crippen LogP contribution in [0.5, 0.6) is 0 Å². The Morgan fingerprint density at radius 3 is 2.38 bits per heavy atom. The van der Waals surface area contributed by atoms with Gasteiger partial charge in [-0.25, -0.2) is 8.78 Å². The highest BCUT2D eigenvalue weighted by Crippen LogP contribution is 2.16. The van der Waals surface area contributed by atoms with E-state index < -0.39 is 23.0 Å². The van der Waals surface area contributed by atoms with Crippen molar-refractivity contribution in [3.05, 3.63) is 35.4 Å². The topological polar surface area (TPSA) is 17.1 Å². The number of carbonyl (C=O) groups is 1. The third-order valence-electron chi connectivity index (χ3n) is 1.93. The number of halogens is 2. The summed E-state index contributed by atoms with van der Waals surface area (Å²) in [7, 11) is 0. The van der Waals surface area contributed by atoms with Gasteiger partial charge in [0, 0.05) is 0 Å². The number of benzene rings is 1. The summed E-state index contributed by atoms with van der Waals surface area (Å²) < 4.78 is 26.4. The SMILES string of the molecule is CC(C)CSCC(=O)c1c(F)cccc1F. The first kappa shape index (κ1) is 13.2. The number of carbonyl (C=O) groups excluding carboxylic acids is 1. The average Bonchev–Trinajstić information content (AvgIpc) is 2.16. The Kier molecular flexibility index (Phi) is 4.93. The molecule has 0 aromatic heterocycles. The number of Topliss-reactive ketones (excluding diaryl/α,β-unsaturated/α-hetero) is 1. The summed E-state index contributed by atoms with van der Waals surface area (Å²) in [6.45, 7) is 4.06. The molecule has 1 aromatic rings. The molecule has 0 aliphatic rings. The van der Waals surface area contributed by atoms with Crippen LogP contribution >= 0.6 is 11.8 Å². The van der Waals surface area contributed by atoms with E-state index in [9.17, 15) is 13.6 Å². The van der Waals surface area contributed by atoms with Gasteiger partial charge in [0.05, 0.1) is 11.3 Å². The molecule has 0 aliphatic carbocycles. The first-order chi connectivity index (χ1) is 7.52. The third kappa shape index (κ3) is 3.59. The molecule has 0 bridgehead atoms. The molecule has 1 rings (SSSR count). The van der Waals surface area contributed by atoms with Gasteiger partial charge in [-0.1, -0.05) is 19.9 Å². The van der Waals surface area contributed by atoms with E-state index in [4.69, 9.17) is 0 Å². The molecule has 0 heterocycles. The standard InChI is InChI=1S/C12H14F2OS/c1-8(2)6-16-7-11(15)12-9(13)4-3-5-10(12)14/h3-5,8H,6-7H2,1-2H3. The molecule has 88 valence electrons. The largest absolute Gasteiger partial charge is 0.293 e. The fourth-order valence-electron chi connectivity index (χ4n) is 1.22. The van der Waals surface area contributed by atoms with Gasteiger partial charge in [0.1, 0.15) is 11.6 Å². The van der Waals surface area contributed by atoms with E-state index in [1.807, 2.05) is 13.8 Å². The minimum atomic E-state index is -0.782. The highest BCUT2D eigenvalue weighted by Gasteiger charge is 2.16. The van der Waals surface area contributed by atoms with Crippen molar-refractivity contribution >= 4 is 17.5 Å². The van der Waals surface area contributed by atoms with E-state index in [0.29, 0.717) is 5.92 Å². The molecule has 0 amide bonds. The fourth-order valence-corrected chi connectivity index (χ4v) is 2.14. The molecule has 0 saturated heterocycles. The maximum atomic E-state index is 13.2. The van der Waals surface area contributed by atoms with Gasteiger partial charge in [0.15, 0.2) is 5.78 Å². The van der Waals surface area contributed by atoms with Crippen LogP contribution in [0.2, 0.25) is 0 Å². The normalized spacial score (nSPS) is 10.8. The molecule has 16 heavy (non-hydrogen) atoms. The lowest BCUT2D eigenvalue weighted by molar-refractivity contribution is 0.101. The van der Waals surface area contributed by atoms with Gasteiger partial charge in [0.25, 0.3) is 0 Å². The summed E-state index contributed by atoms with van der Waals surface area (Å²) in [6.07, 6.45) is 0. The molecule has 0 atom stereocenters. The predicted molar refractivity (Wildman–Crippen MR) is 62.9 cm³/mol. The summed E-state index contributed by atoms with van der Waals surface area (Å²) in [5.41, 5.74) is -0.418. The monoisotopic (exact) mass is 244 g/mol. The second-order valence-electron chi connectivity index (χ2n) is 3.93. The lowest BCUT2D eigenvalue weighted by atomic mass is 10.1. The lowest BCUT2D eigenvalue weighted by Gasteiger charge is -2.05. The number of hydrogen-bond donors (Lipinski definition) is 0. The second kappa shape index (κ2) is 5.99. The summed E-state index contributed by atoms with van der Waals surface area (Å²) in [4.78, 5) is 11.6. The quantitative estimate of drug-likeness (QED) is 0.737. The third-order valence-corrected chi connectivity index (χ3v) is 3.29. The van der Waals surface area contributed by atoms with Crippen molar-refractivity contribution in [1.29, 1.82) is 0 Å². The fraction of sp³-hybridized carbons (Fsp3) is 0.417. The van der Waals surface area contributed by atoms with Gasteiger partial charge >= 0.3 is 0 Å². The van der Waals surface area contributed by atoms with Crippen molar-refractivity contribution in [3.63, 3.8) is 0 Å². The van der Waals surface area contributed by atoms with E-state index in [-0.39, 0.29) is 5.75 Å². The van der Waals surface area contributed by atoms with Crippen LogP contribution in [-0.4, -0.2) is 17.3 Å². The van der Waals surface area contributed by atoms with Gasteiger partial charge < -0.3 is 0 Å². The molecule has 0 aliphatic heterocycles. The van der Waals surface area contributed by atoms with E-state index in [2.05, 4.69) is 0 Å². The molecule has 0 fully saturated rings. The summed E-state index contributed by atoms with van der Waals surface area (Å²) in [5, 5.41) is 0. The average molecular weight is 244 g/mol. The van der Waals surface area contributed by atoms with Gasteiger partial charge in [-0.05, 0) is 23.8 Å². The van der Waals surface area contributed by atoms with Crippen LogP contribution < -0.4 is 0 Å². The number of hydrogen-bond acceptors (Lipinski definition) is 2. The van der Waals surface area contributed by atoms with Crippen LogP contribution in [0.25, 0.3) is 0 Å². The van der Waals surface area contributed by atoms with Crippen LogP contribution in [0.15, 0.2) is 18.2 Å². The van der Waals surface area contributed by atoms with Crippen molar-refractivity contribution < 1.29 is 13.6 Å². The van der Waals surface area contributed by atoms with Crippen molar-refractivity contribution in [2.75, 3.05) is 11.5 Å². The Balaban J connectivity index is 2.66. The summed E-state index contributed by atoms with van der Waals surface area (Å²) in [5.74, 6) is -0.660. The Morgan fingerprint density at radius 1 is 1.31 bits per heavy atom. The zero-order valence-electron chi connectivity index (χ0n) is 9.30. The highest BCUT2D eigenvalue weighted by molar-refractivity contribution is 7.99. The Labute approximate surface area is 98.2 Å². The minimum Gasteiger partial charge on any atom is -0.293 e. The van der Waals surface area contributed by atoms with Gasteiger partial charge in [-0.3, -0.25) is 4.79 Å². The molecule has 0 unspecified atom stereocenters. The molecular formula is C12H14F2OS. The predicted octanol–water partition coefficient (Wildman–Crippen LogP) is 3.54. The highest BCUT2D eigenvalue weighted by atomic mass is 32.2. The molecule has 0 N–H and O–H groups in total. The smallest absolute Gasteiger partial charge is 0.178 e. The molecule has 1 aromatic carbocycles. The van der Waals surface area contributed by atoms with E-state index in [1.54, 1.807) is 0 Å². The van der Waals surface area contributed by atoms with Gasteiger partial charge in [-0.15, -0.1) is 0 Å². The zero-order chi connectivity index (χ0) is 12.1. The second-order valence-corrected chi connectivity index (χ2v) is 4.96. The molecular weight excluding hydrogens is 230 g/mol. The van der Waals surface area contributed by atoms with E-state index in [1.165, 1.54) is 17.8 Å². The van der Waals surface area contributed by atoms with Gasteiger partial charge in [0.2, 0.25) is 0 Å². The maximum absolute atomic E-state index is 13.2. The van der Waals surface area contributed by atoms with Crippen molar-refractivity contribution in [3.8, 4) is 0 Å². The molecule has 1 nitrogen and oxygen atoms in total. The Hall–Kier alpha value is -0.900. The molecule has 0 saturated carbocycles. The molecule has 0 spiro atoms. The van der Waals surface area contributed by atoms with Crippen LogP contribution in [0.4, 0.5) is 8.78 Å². The Morgan fingerprint density at radius 2 is 1.88 bits per heavy atom. The minimum absolute atomic E-state index is 0.121. The first-order valence-electron chi connectivity index (χ1n) is 5.07. The molecule has 0 radical (unpaired) electrons. The number of ketones is 1. The number of thioether (sulfide) groups is 1. The van der Waals surface area contributed by atoms with Crippen LogP contribution in [0.3, 0.4) is 0 Å². The van der Waals surface area contributed by atoms with Gasteiger partial charge in [-0.2, -0.15) is 11.8 Å². The first-order valence-corrected chi connectivity index (χ1v) is 6.22. The van der Waals surface area contributed by atoms with Crippen molar-refractivity contribution in [1.82, 2.24) is 0 Å². The van der Waals surface area contributed by atoms with Crippen LogP contribution in [0.1, 0.15) is 24.2 Å². The molecule has 4 heteroatoms. The van der Waals surface area contributed by atoms with Crippen molar-refractivity contribution in [2.24, 2.45) is 5.92 Å². The Bertz CT molecular complexity index is 357. The summed E-state index contributed by atoms with van der Waals surface area (Å²) in [6, 6.07) is 3.45. The van der Waals surface area contributed by atoms with E-state index in [0.717, 1.165) is 17.9 Å².